The van der Waals surface area contributed by atoms with Gasteiger partial charge in [0.2, 0.25) is 5.91 Å². The second-order valence-electron chi connectivity index (χ2n) is 4.47. The average molecular weight is 245 g/mol. The Labute approximate surface area is 105 Å². The number of carbonyl (C=O) groups is 1. The SMILES string of the molecule is COCCNC(=O)C(C)NCCCCN(C)C. The maximum Gasteiger partial charge on any atom is 0.236 e. The number of nitrogens with one attached hydrogen (secondary N) is 2. The number of methoxy groups -OCH3 is 1. The Balaban J connectivity index is 3.43. The van der Waals surface area contributed by atoms with E-state index < -0.39 is 0 Å². The third-order valence-electron chi connectivity index (χ3n) is 2.48. The van der Waals surface area contributed by atoms with Crippen molar-refractivity contribution in [1.29, 1.82) is 0 Å². The van der Waals surface area contributed by atoms with Crippen molar-refractivity contribution >= 4 is 5.91 Å². The van der Waals surface area contributed by atoms with E-state index in [9.17, 15) is 4.79 Å². The Morgan fingerprint density at radius 1 is 1.29 bits per heavy atom. The van der Waals surface area contributed by atoms with Crippen molar-refractivity contribution in [2.75, 3.05) is 47.4 Å². The van der Waals surface area contributed by atoms with Gasteiger partial charge in [0.1, 0.15) is 0 Å². The smallest absolute Gasteiger partial charge is 0.236 e. The molecule has 1 amide bonds. The summed E-state index contributed by atoms with van der Waals surface area (Å²) in [6.07, 6.45) is 2.24. The summed E-state index contributed by atoms with van der Waals surface area (Å²) < 4.78 is 4.87. The quantitative estimate of drug-likeness (QED) is 0.535. The molecule has 0 saturated carbocycles. The lowest BCUT2D eigenvalue weighted by atomic mass is 10.2. The van der Waals surface area contributed by atoms with Crippen molar-refractivity contribution < 1.29 is 9.53 Å². The lowest BCUT2D eigenvalue weighted by Crippen LogP contribution is -2.43. The van der Waals surface area contributed by atoms with E-state index in [1.165, 1.54) is 0 Å². The summed E-state index contributed by atoms with van der Waals surface area (Å²) in [6.45, 7) is 4.99. The van der Waals surface area contributed by atoms with Crippen LogP contribution in [-0.2, 0) is 9.53 Å². The van der Waals surface area contributed by atoms with Crippen LogP contribution in [0.15, 0.2) is 0 Å². The predicted octanol–water partition coefficient (Wildman–Crippen LogP) is 0.0689. The average Bonchev–Trinajstić information content (AvgIpc) is 2.28. The molecule has 0 aromatic heterocycles. The largest absolute Gasteiger partial charge is 0.383 e. The summed E-state index contributed by atoms with van der Waals surface area (Å²) in [5.41, 5.74) is 0. The van der Waals surface area contributed by atoms with Crippen molar-refractivity contribution in [2.45, 2.75) is 25.8 Å². The maximum atomic E-state index is 11.6. The molecule has 0 aromatic carbocycles. The minimum Gasteiger partial charge on any atom is -0.383 e. The van der Waals surface area contributed by atoms with Crippen LogP contribution in [0.2, 0.25) is 0 Å². The van der Waals surface area contributed by atoms with Gasteiger partial charge in [-0.05, 0) is 47.0 Å². The van der Waals surface area contributed by atoms with Gasteiger partial charge in [-0.1, -0.05) is 0 Å². The molecule has 0 radical (unpaired) electrons. The van der Waals surface area contributed by atoms with Crippen LogP contribution < -0.4 is 10.6 Å². The fourth-order valence-corrected chi connectivity index (χ4v) is 1.39. The Morgan fingerprint density at radius 2 is 2.00 bits per heavy atom. The third-order valence-corrected chi connectivity index (χ3v) is 2.48. The van der Waals surface area contributed by atoms with Crippen molar-refractivity contribution in [1.82, 2.24) is 15.5 Å². The highest BCUT2D eigenvalue weighted by molar-refractivity contribution is 5.81. The van der Waals surface area contributed by atoms with E-state index >= 15 is 0 Å². The Bertz CT molecular complexity index is 198. The van der Waals surface area contributed by atoms with Gasteiger partial charge in [0.15, 0.2) is 0 Å². The van der Waals surface area contributed by atoms with Crippen LogP contribution in [0.3, 0.4) is 0 Å². The second-order valence-corrected chi connectivity index (χ2v) is 4.47. The summed E-state index contributed by atoms with van der Waals surface area (Å²) in [5.74, 6) is 0.0367. The van der Waals surface area contributed by atoms with Gasteiger partial charge in [0.25, 0.3) is 0 Å². The number of hydrogen-bond donors (Lipinski definition) is 2. The number of amides is 1. The molecule has 17 heavy (non-hydrogen) atoms. The third kappa shape index (κ3) is 10.2. The second kappa shape index (κ2) is 10.5. The van der Waals surface area contributed by atoms with Gasteiger partial charge in [0.05, 0.1) is 12.6 Å². The van der Waals surface area contributed by atoms with Crippen molar-refractivity contribution in [2.24, 2.45) is 0 Å². The summed E-state index contributed by atoms with van der Waals surface area (Å²) in [5, 5.41) is 6.02. The number of hydrogen-bond acceptors (Lipinski definition) is 4. The maximum absolute atomic E-state index is 11.6. The topological polar surface area (TPSA) is 53.6 Å². The molecule has 5 nitrogen and oxygen atoms in total. The number of carbonyl (C=O) groups excluding carboxylic acids is 1. The zero-order valence-corrected chi connectivity index (χ0v) is 11.6. The standard InChI is InChI=1S/C12H27N3O2/c1-11(12(16)14-8-10-17-4)13-7-5-6-9-15(2)3/h11,13H,5-10H2,1-4H3,(H,14,16). The molecule has 1 unspecified atom stereocenters. The molecule has 0 fully saturated rings. The first kappa shape index (κ1) is 16.4. The number of ether oxygens (including phenoxy) is 1. The minimum atomic E-state index is -0.133. The van der Waals surface area contributed by atoms with Crippen LogP contribution in [0, 0.1) is 0 Å². The Hall–Kier alpha value is -0.650. The molecule has 0 aliphatic heterocycles. The molecule has 0 aromatic rings. The van der Waals surface area contributed by atoms with E-state index in [1.807, 2.05) is 6.92 Å². The molecule has 0 saturated heterocycles. The molecule has 0 spiro atoms. The van der Waals surface area contributed by atoms with Crippen molar-refractivity contribution in [3.63, 3.8) is 0 Å². The first-order valence-corrected chi connectivity index (χ1v) is 6.22. The molecular weight excluding hydrogens is 218 g/mol. The van der Waals surface area contributed by atoms with Crippen LogP contribution in [0.1, 0.15) is 19.8 Å². The highest BCUT2D eigenvalue weighted by Gasteiger charge is 2.10. The molecule has 2 N–H and O–H groups in total. The molecule has 0 bridgehead atoms. The molecule has 5 heteroatoms. The normalized spacial score (nSPS) is 12.8. The van der Waals surface area contributed by atoms with Crippen LogP contribution in [0.25, 0.3) is 0 Å². The van der Waals surface area contributed by atoms with Gasteiger partial charge >= 0.3 is 0 Å². The molecular formula is C12H27N3O2. The van der Waals surface area contributed by atoms with E-state index in [2.05, 4.69) is 29.6 Å². The molecule has 0 aliphatic rings. The van der Waals surface area contributed by atoms with E-state index in [0.717, 1.165) is 25.9 Å². The van der Waals surface area contributed by atoms with Gasteiger partial charge in [-0.15, -0.1) is 0 Å². The zero-order chi connectivity index (χ0) is 13.1. The van der Waals surface area contributed by atoms with E-state index in [1.54, 1.807) is 7.11 Å². The first-order chi connectivity index (χ1) is 8.07. The van der Waals surface area contributed by atoms with Crippen molar-refractivity contribution in [3.8, 4) is 0 Å². The van der Waals surface area contributed by atoms with E-state index in [0.29, 0.717) is 13.2 Å². The van der Waals surface area contributed by atoms with E-state index in [-0.39, 0.29) is 11.9 Å². The van der Waals surface area contributed by atoms with Gasteiger partial charge in [-0.3, -0.25) is 4.79 Å². The fourth-order valence-electron chi connectivity index (χ4n) is 1.39. The molecule has 102 valence electrons. The summed E-state index contributed by atoms with van der Waals surface area (Å²) in [7, 11) is 5.76. The highest BCUT2D eigenvalue weighted by Crippen LogP contribution is 1.90. The molecule has 1 atom stereocenters. The summed E-state index contributed by atoms with van der Waals surface area (Å²) in [4.78, 5) is 13.7. The van der Waals surface area contributed by atoms with Gasteiger partial charge < -0.3 is 20.3 Å². The van der Waals surface area contributed by atoms with E-state index in [4.69, 9.17) is 4.74 Å². The lowest BCUT2D eigenvalue weighted by molar-refractivity contribution is -0.122. The number of unbranched alkanes of at least 4 members (excludes halogenated alkanes) is 1. The summed E-state index contributed by atoms with van der Waals surface area (Å²) in [6, 6.07) is -0.133. The monoisotopic (exact) mass is 245 g/mol. The predicted molar refractivity (Wildman–Crippen MR) is 70.1 cm³/mol. The minimum absolute atomic E-state index is 0.0367. The molecule has 0 aliphatic carbocycles. The van der Waals surface area contributed by atoms with Gasteiger partial charge in [-0.2, -0.15) is 0 Å². The molecule has 0 rings (SSSR count). The van der Waals surface area contributed by atoms with Gasteiger partial charge in [0, 0.05) is 13.7 Å². The van der Waals surface area contributed by atoms with Crippen LogP contribution in [-0.4, -0.2) is 64.3 Å². The van der Waals surface area contributed by atoms with Crippen LogP contribution in [0.4, 0.5) is 0 Å². The Morgan fingerprint density at radius 3 is 2.59 bits per heavy atom. The number of nitrogens with zero attached hydrogens (tertiary/aromatic N) is 1. The fraction of sp³-hybridized carbons (Fsp3) is 0.917. The van der Waals surface area contributed by atoms with Crippen LogP contribution in [0.5, 0.6) is 0 Å². The lowest BCUT2D eigenvalue weighted by Gasteiger charge is -2.14. The Kier molecular flexibility index (Phi) is 10.1. The zero-order valence-electron chi connectivity index (χ0n) is 11.6. The summed E-state index contributed by atoms with van der Waals surface area (Å²) >= 11 is 0. The highest BCUT2D eigenvalue weighted by atomic mass is 16.5. The first-order valence-electron chi connectivity index (χ1n) is 6.22. The van der Waals surface area contributed by atoms with Crippen molar-refractivity contribution in [3.05, 3.63) is 0 Å². The van der Waals surface area contributed by atoms with Gasteiger partial charge in [-0.25, -0.2) is 0 Å². The van der Waals surface area contributed by atoms with Crippen LogP contribution >= 0.6 is 0 Å². The molecule has 0 heterocycles. The number of rotatable bonds is 10.